The van der Waals surface area contributed by atoms with E-state index in [1.54, 1.807) is 44.2 Å². The Bertz CT molecular complexity index is 3510. The molecule has 0 saturated heterocycles. The van der Waals surface area contributed by atoms with E-state index < -0.39 is 186 Å². The lowest BCUT2D eigenvalue weighted by molar-refractivity contribution is -0.143. The zero-order valence-electron chi connectivity index (χ0n) is 64.3. The van der Waals surface area contributed by atoms with E-state index in [4.69, 9.17) is 51.6 Å². The van der Waals surface area contributed by atoms with Crippen molar-refractivity contribution in [3.05, 3.63) is 65.7 Å². The summed E-state index contributed by atoms with van der Waals surface area (Å²) in [5.41, 5.74) is 51.7. The molecule has 114 heavy (non-hydrogen) atoms. The van der Waals surface area contributed by atoms with Gasteiger partial charge in [0.1, 0.15) is 84.3 Å². The van der Waals surface area contributed by atoms with Crippen molar-refractivity contribution in [2.45, 2.75) is 202 Å². The summed E-state index contributed by atoms with van der Waals surface area (Å²) >= 11 is 8.46. The number of aliphatic hydroxyl groups is 3. The smallest absolute Gasteiger partial charge is 0.328 e. The zero-order valence-corrected chi connectivity index (χ0v) is 66.1. The van der Waals surface area contributed by atoms with Gasteiger partial charge in [-0.3, -0.25) is 72.5 Å². The van der Waals surface area contributed by atoms with Gasteiger partial charge in [0.2, 0.25) is 70.9 Å². The van der Waals surface area contributed by atoms with Crippen molar-refractivity contribution in [2.24, 2.45) is 72.5 Å². The molecule has 0 spiro atoms. The Morgan fingerprint density at radius 1 is 0.395 bits per heavy atom. The molecular weight excluding hydrogens is 1530 g/mol. The van der Waals surface area contributed by atoms with Crippen LogP contribution in [0.1, 0.15) is 115 Å². The van der Waals surface area contributed by atoms with E-state index in [1.165, 1.54) is 31.2 Å². The van der Waals surface area contributed by atoms with Crippen LogP contribution in [0.15, 0.2) is 69.6 Å². The van der Waals surface area contributed by atoms with Gasteiger partial charge in [0.05, 0.1) is 19.3 Å². The van der Waals surface area contributed by atoms with E-state index in [0.29, 0.717) is 24.0 Å². The summed E-state index contributed by atoms with van der Waals surface area (Å²) in [6.07, 6.45) is -1.12. The molecule has 2 aromatic rings. The maximum Gasteiger partial charge on any atom is 0.328 e. The largest absolute Gasteiger partial charge is 0.508 e. The Balaban J connectivity index is 2.75. The number of benzene rings is 2. The van der Waals surface area contributed by atoms with Crippen LogP contribution >= 0.6 is 25.3 Å². The number of carbonyl (C=O) groups is 13. The molecule has 2 aromatic carbocycles. The first-order valence-electron chi connectivity index (χ1n) is 37.2. The number of thiol groups is 2. The molecule has 35 N–H and O–H groups in total. The highest BCUT2D eigenvalue weighted by molar-refractivity contribution is 7.80. The molecule has 42 nitrogen and oxygen atoms in total. The predicted molar refractivity (Wildman–Crippen MR) is 429 cm³/mol. The van der Waals surface area contributed by atoms with Gasteiger partial charge in [0.15, 0.2) is 17.9 Å². The van der Waals surface area contributed by atoms with Crippen molar-refractivity contribution in [1.29, 1.82) is 0 Å². The van der Waals surface area contributed by atoms with Gasteiger partial charge in [-0.05, 0) is 126 Å². The lowest BCUT2D eigenvalue weighted by atomic mass is 9.96. The van der Waals surface area contributed by atoms with Crippen molar-refractivity contribution in [3.8, 4) is 5.75 Å². The molecule has 15 atom stereocenters. The first-order chi connectivity index (χ1) is 54.1. The summed E-state index contributed by atoms with van der Waals surface area (Å²) < 4.78 is 0. The molecule has 0 heterocycles. The summed E-state index contributed by atoms with van der Waals surface area (Å²) in [5, 5.41) is 79.6. The van der Waals surface area contributed by atoms with Crippen LogP contribution in [0.4, 0.5) is 0 Å². The summed E-state index contributed by atoms with van der Waals surface area (Å²) in [6.45, 7) is 2.77. The van der Waals surface area contributed by atoms with Gasteiger partial charge in [0, 0.05) is 44.0 Å². The molecule has 0 fully saturated rings. The first kappa shape index (κ1) is 99.7. The number of amides is 12. The van der Waals surface area contributed by atoms with Crippen LogP contribution < -0.4 is 115 Å². The third-order valence-electron chi connectivity index (χ3n) is 17.7. The molecule has 12 amide bonds. The molecular formula is C70H118N24O18S2. The third-order valence-corrected chi connectivity index (χ3v) is 18.4. The Morgan fingerprint density at radius 3 is 1.03 bits per heavy atom. The highest BCUT2D eigenvalue weighted by Gasteiger charge is 2.38. The fraction of sp³-hybridized carbons (Fsp3) is 0.600. The minimum atomic E-state index is -1.73. The van der Waals surface area contributed by atoms with Crippen LogP contribution in [0, 0.1) is 5.92 Å². The van der Waals surface area contributed by atoms with Gasteiger partial charge in [-0.15, -0.1) is 0 Å². The third kappa shape index (κ3) is 38.0. The number of phenolic OH excluding ortho intramolecular Hbond substituents is 1. The van der Waals surface area contributed by atoms with Crippen LogP contribution in [0.3, 0.4) is 0 Å². The SMILES string of the molecule is CC[C@H](C)[C@H](NC(=O)[C@H](CS)NC(=O)[C@H](CCCN=C(N)N)NC(=O)[C@H](CO)NC(=O)[C@@H](N)[C@@H](C)O)C(=O)N[C@@H](Cc1ccccc1)C(=O)N[C@@H](Cc1ccc(O)cc1)C(=O)N[C@@H](CCCN=C(N)N)C(=O)N[C@@H](CCCN=C(N)N)C(=O)N[C@@H](CCCCN)C(=O)N[C@@H](CCCCN)C(=O)N[C@@H](CS)C(=O)N[C@@H](CO)C(=O)O. The standard InChI is InChI=1S/C70H118N24O18S2/c1-4-37(2)54(94-64(108)52(36-114)93-59(103)46(21-14-30-82-70(78)79)87-62(106)49(33-95)90-65(109)53(73)38(3)97)66(110)89-48(31-39-15-6-5-7-16-39)61(105)88-47(32-40-22-24-41(98)25-23-40)60(104)86-45(20-13-29-81-69(76)77)57(101)85-44(19-12-28-80-68(74)75)56(100)83-42(17-8-10-26-71)55(99)84-43(18-9-11-27-72)58(102)92-51(35-113)63(107)91-50(34-96)67(111)112/h5-7,15-16,22-25,37-38,42-54,95-98,113-114H,4,8-14,17-21,26-36,71-73H2,1-3H3,(H,83,100)(H,84,99)(H,85,101)(H,86,104)(H,87,106)(H,88,105)(H,89,110)(H,90,109)(H,91,107)(H,92,102)(H,93,103)(H,94,108)(H,111,112)(H4,74,75,80)(H4,76,77,81)(H4,78,79,82)/t37-,38+,42-,43-,44-,45-,46-,47-,48-,49-,50-,51-,52-,53-,54-/m0/s1. The molecule has 0 saturated carbocycles. The molecule has 638 valence electrons. The second kappa shape index (κ2) is 54.4. The number of carboxylic acids is 1. The normalized spacial score (nSPS) is 15.0. The number of hydrogen-bond acceptors (Lipinski definition) is 25. The summed E-state index contributed by atoms with van der Waals surface area (Å²) in [5.74, 6) is -15.7. The maximum atomic E-state index is 15.2. The number of unbranched alkanes of at least 4 members (excludes halogenated alkanes) is 2. The zero-order chi connectivity index (χ0) is 85.6. The summed E-state index contributed by atoms with van der Waals surface area (Å²) in [7, 11) is 0. The predicted octanol–water partition coefficient (Wildman–Crippen LogP) is -8.90. The molecule has 0 radical (unpaired) electrons. The van der Waals surface area contributed by atoms with E-state index >= 15 is 9.59 Å². The van der Waals surface area contributed by atoms with Crippen LogP contribution in [-0.2, 0) is 75.2 Å². The van der Waals surface area contributed by atoms with Crippen molar-refractivity contribution in [3.63, 3.8) is 0 Å². The van der Waals surface area contributed by atoms with Gasteiger partial charge in [-0.25, -0.2) is 4.79 Å². The minimum Gasteiger partial charge on any atom is -0.508 e. The molecule has 0 bridgehead atoms. The number of rotatable bonds is 56. The minimum absolute atomic E-state index is 0.00147. The second-order valence-electron chi connectivity index (χ2n) is 26.9. The highest BCUT2D eigenvalue weighted by Crippen LogP contribution is 2.17. The topological polar surface area (TPSA) is 739 Å². The number of carbonyl (C=O) groups excluding carboxylic acids is 12. The van der Waals surface area contributed by atoms with Crippen molar-refractivity contribution in [1.82, 2.24) is 63.8 Å². The fourth-order valence-electron chi connectivity index (χ4n) is 10.9. The molecule has 2 rings (SSSR count). The number of nitrogens with zero attached hydrogens (tertiary/aromatic N) is 3. The average molecular weight is 1650 g/mol. The number of nitrogens with two attached hydrogens (primary N) is 9. The molecule has 0 aromatic heterocycles. The molecule has 44 heteroatoms. The van der Waals surface area contributed by atoms with Gasteiger partial charge in [-0.2, -0.15) is 25.3 Å². The van der Waals surface area contributed by atoms with E-state index in [2.05, 4.69) is 104 Å². The van der Waals surface area contributed by atoms with Crippen molar-refractivity contribution >= 4 is 120 Å². The lowest BCUT2D eigenvalue weighted by Crippen LogP contribution is -2.62. The number of aliphatic carboxylic acids is 1. The van der Waals surface area contributed by atoms with Crippen LogP contribution in [-0.4, -0.2) is 262 Å². The number of phenols is 1. The number of hydrogen-bond donors (Lipinski definition) is 28. The van der Waals surface area contributed by atoms with Gasteiger partial charge < -0.3 is 141 Å². The van der Waals surface area contributed by atoms with Crippen molar-refractivity contribution in [2.75, 3.05) is 57.4 Å². The summed E-state index contributed by atoms with van der Waals surface area (Å²) in [6, 6.07) is -6.15. The van der Waals surface area contributed by atoms with Gasteiger partial charge in [-0.1, -0.05) is 62.7 Å². The molecule has 0 unspecified atom stereocenters. The van der Waals surface area contributed by atoms with Gasteiger partial charge >= 0.3 is 5.97 Å². The van der Waals surface area contributed by atoms with Crippen LogP contribution in [0.2, 0.25) is 0 Å². The van der Waals surface area contributed by atoms with Crippen LogP contribution in [0.5, 0.6) is 5.75 Å². The quantitative estimate of drug-likeness (QED) is 0.0127. The van der Waals surface area contributed by atoms with E-state index in [1.807, 2.05) is 0 Å². The monoisotopic (exact) mass is 1650 g/mol. The number of nitrogens with one attached hydrogen (secondary N) is 12. The fourth-order valence-corrected chi connectivity index (χ4v) is 11.4. The molecule has 0 aliphatic heterocycles. The van der Waals surface area contributed by atoms with E-state index in [0.717, 1.165) is 0 Å². The first-order valence-corrected chi connectivity index (χ1v) is 38.5. The highest BCUT2D eigenvalue weighted by atomic mass is 32.1. The van der Waals surface area contributed by atoms with Crippen molar-refractivity contribution < 1.29 is 87.9 Å². The molecule has 0 aliphatic carbocycles. The van der Waals surface area contributed by atoms with Crippen LogP contribution in [0.25, 0.3) is 0 Å². The van der Waals surface area contributed by atoms with E-state index in [-0.39, 0.29) is 146 Å². The lowest BCUT2D eigenvalue weighted by Gasteiger charge is -2.30. The maximum absolute atomic E-state index is 15.2. The van der Waals surface area contributed by atoms with Gasteiger partial charge in [0.25, 0.3) is 0 Å². The number of guanidine groups is 3. The Morgan fingerprint density at radius 2 is 0.693 bits per heavy atom. The Labute approximate surface area is 671 Å². The van der Waals surface area contributed by atoms with E-state index in [9.17, 15) is 78.3 Å². The average Bonchev–Trinajstić information content (AvgIpc) is 0.843. The summed E-state index contributed by atoms with van der Waals surface area (Å²) in [4.78, 5) is 195. The number of aliphatic hydroxyl groups excluding tert-OH is 3. The number of aliphatic imine (C=N–C) groups is 3. The second-order valence-corrected chi connectivity index (χ2v) is 27.6. The number of aromatic hydroxyl groups is 1. The Kier molecular flexibility index (Phi) is 47.5. The Hall–Kier alpha value is -10.4. The number of carboxylic acid groups (broad SMARTS) is 1. The molecule has 0 aliphatic rings.